The molecule has 1 unspecified atom stereocenters. The molecule has 3 aromatic rings. The molecule has 0 bridgehead atoms. The topological polar surface area (TPSA) is 30.3 Å². The number of nitrogens with zero attached hydrogens (tertiary/aromatic N) is 3. The zero-order valence-electron chi connectivity index (χ0n) is 15.8. The van der Waals surface area contributed by atoms with Crippen molar-refractivity contribution in [2.24, 2.45) is 0 Å². The van der Waals surface area contributed by atoms with Gasteiger partial charge in [-0.05, 0) is 51.9 Å². The standard InChI is InChI=1S/C21H26FN3O/c1-14(24-9-5-4-6-10-24)13-25-19-11-16(26-3)7-8-17(19)18-12-20(22)23-15(2)21(18)25/h7-8,11-12,14H,4-6,9-10,13H2,1-3H3. The molecule has 0 N–H and O–H groups in total. The third-order valence-electron chi connectivity index (χ3n) is 5.65. The number of aryl methyl sites for hydroxylation is 1. The summed E-state index contributed by atoms with van der Waals surface area (Å²) >= 11 is 0. The molecule has 0 aliphatic carbocycles. The molecule has 4 rings (SSSR count). The zero-order valence-corrected chi connectivity index (χ0v) is 15.8. The minimum atomic E-state index is -0.422. The predicted molar refractivity (Wildman–Crippen MR) is 103 cm³/mol. The largest absolute Gasteiger partial charge is 0.497 e. The van der Waals surface area contributed by atoms with E-state index >= 15 is 0 Å². The number of rotatable bonds is 4. The SMILES string of the molecule is COc1ccc2c3cc(F)nc(C)c3n(CC(C)N3CCCCC3)c2c1. The molecule has 1 fully saturated rings. The van der Waals surface area contributed by atoms with Gasteiger partial charge in [-0.2, -0.15) is 4.39 Å². The molecule has 0 saturated carbocycles. The van der Waals surface area contributed by atoms with Crippen LogP contribution in [0.2, 0.25) is 0 Å². The quantitative estimate of drug-likeness (QED) is 0.645. The number of fused-ring (bicyclic) bond motifs is 3. The molecule has 1 aromatic carbocycles. The molecule has 1 aliphatic rings. The summed E-state index contributed by atoms with van der Waals surface area (Å²) in [6, 6.07) is 7.99. The summed E-state index contributed by atoms with van der Waals surface area (Å²) in [6.45, 7) is 7.36. The summed E-state index contributed by atoms with van der Waals surface area (Å²) in [4.78, 5) is 6.65. The second-order valence-corrected chi connectivity index (χ2v) is 7.37. The fraction of sp³-hybridized carbons (Fsp3) is 0.476. The van der Waals surface area contributed by atoms with Gasteiger partial charge in [0.25, 0.3) is 0 Å². The Morgan fingerprint density at radius 1 is 1.15 bits per heavy atom. The van der Waals surface area contributed by atoms with Crippen molar-refractivity contribution in [1.82, 2.24) is 14.5 Å². The van der Waals surface area contributed by atoms with Crippen LogP contribution in [-0.2, 0) is 6.54 Å². The van der Waals surface area contributed by atoms with Crippen LogP contribution in [0.1, 0.15) is 31.9 Å². The molecular formula is C21H26FN3O. The van der Waals surface area contributed by atoms with Crippen molar-refractivity contribution in [3.8, 4) is 5.75 Å². The van der Waals surface area contributed by atoms with Gasteiger partial charge in [-0.15, -0.1) is 0 Å². The van der Waals surface area contributed by atoms with Crippen molar-refractivity contribution in [1.29, 1.82) is 0 Å². The van der Waals surface area contributed by atoms with Gasteiger partial charge in [0.05, 0.1) is 23.8 Å². The first-order valence-electron chi connectivity index (χ1n) is 9.45. The van der Waals surface area contributed by atoms with Gasteiger partial charge in [0.1, 0.15) is 5.75 Å². The number of hydrogen-bond donors (Lipinski definition) is 0. The molecule has 138 valence electrons. The normalized spacial score (nSPS) is 17.1. The highest BCUT2D eigenvalue weighted by atomic mass is 19.1. The van der Waals surface area contributed by atoms with Gasteiger partial charge >= 0.3 is 0 Å². The molecule has 3 heterocycles. The molecule has 5 heteroatoms. The van der Waals surface area contributed by atoms with Crippen LogP contribution >= 0.6 is 0 Å². The number of likely N-dealkylation sites (tertiary alicyclic amines) is 1. The van der Waals surface area contributed by atoms with Crippen molar-refractivity contribution in [2.45, 2.75) is 45.7 Å². The Hall–Kier alpha value is -2.14. The highest BCUT2D eigenvalue weighted by Crippen LogP contribution is 2.33. The van der Waals surface area contributed by atoms with E-state index in [-0.39, 0.29) is 0 Å². The highest BCUT2D eigenvalue weighted by molar-refractivity contribution is 6.09. The molecule has 1 saturated heterocycles. The fourth-order valence-corrected chi connectivity index (χ4v) is 4.31. The summed E-state index contributed by atoms with van der Waals surface area (Å²) < 4.78 is 21.7. The number of benzene rings is 1. The van der Waals surface area contributed by atoms with Crippen molar-refractivity contribution < 1.29 is 9.13 Å². The summed E-state index contributed by atoms with van der Waals surface area (Å²) in [7, 11) is 1.68. The van der Waals surface area contributed by atoms with Crippen LogP contribution in [-0.4, -0.2) is 40.7 Å². The number of hydrogen-bond acceptors (Lipinski definition) is 3. The molecule has 1 atom stereocenters. The first-order chi connectivity index (χ1) is 12.6. The third kappa shape index (κ3) is 2.94. The van der Waals surface area contributed by atoms with Gasteiger partial charge in [-0.1, -0.05) is 6.42 Å². The highest BCUT2D eigenvalue weighted by Gasteiger charge is 2.21. The van der Waals surface area contributed by atoms with Crippen LogP contribution in [0.3, 0.4) is 0 Å². The van der Waals surface area contributed by atoms with Crippen LogP contribution < -0.4 is 4.74 Å². The van der Waals surface area contributed by atoms with E-state index in [0.29, 0.717) is 6.04 Å². The van der Waals surface area contributed by atoms with E-state index in [9.17, 15) is 4.39 Å². The van der Waals surface area contributed by atoms with Crippen LogP contribution in [0.4, 0.5) is 4.39 Å². The first kappa shape index (κ1) is 17.3. The van der Waals surface area contributed by atoms with Crippen LogP contribution in [0.15, 0.2) is 24.3 Å². The summed E-state index contributed by atoms with van der Waals surface area (Å²) in [5, 5.41) is 1.98. The molecule has 0 radical (unpaired) electrons. The zero-order chi connectivity index (χ0) is 18.3. The molecule has 26 heavy (non-hydrogen) atoms. The average molecular weight is 355 g/mol. The lowest BCUT2D eigenvalue weighted by Gasteiger charge is -2.33. The Morgan fingerprint density at radius 3 is 2.65 bits per heavy atom. The lowest BCUT2D eigenvalue weighted by atomic mass is 10.1. The Balaban J connectivity index is 1.86. The van der Waals surface area contributed by atoms with E-state index in [0.717, 1.165) is 52.9 Å². The van der Waals surface area contributed by atoms with Gasteiger partial charge in [-0.3, -0.25) is 4.90 Å². The van der Waals surface area contributed by atoms with Crippen LogP contribution in [0.25, 0.3) is 21.8 Å². The maximum atomic E-state index is 14.0. The first-order valence-corrected chi connectivity index (χ1v) is 9.45. The Kier molecular flexibility index (Phi) is 4.57. The minimum absolute atomic E-state index is 0.421. The maximum Gasteiger partial charge on any atom is 0.213 e. The maximum absolute atomic E-state index is 14.0. The second-order valence-electron chi connectivity index (χ2n) is 7.37. The van der Waals surface area contributed by atoms with Gasteiger partial charge in [0, 0.05) is 35.5 Å². The number of aromatic nitrogens is 2. The Bertz CT molecular complexity index is 943. The van der Waals surface area contributed by atoms with Crippen molar-refractivity contribution in [3.05, 3.63) is 35.9 Å². The van der Waals surface area contributed by atoms with Gasteiger partial charge in [0.2, 0.25) is 5.95 Å². The third-order valence-corrected chi connectivity index (χ3v) is 5.65. The summed E-state index contributed by atoms with van der Waals surface area (Å²) in [5.41, 5.74) is 2.85. The van der Waals surface area contributed by atoms with Crippen molar-refractivity contribution >= 4 is 21.8 Å². The second kappa shape index (κ2) is 6.88. The minimum Gasteiger partial charge on any atom is -0.497 e. The van der Waals surface area contributed by atoms with E-state index < -0.39 is 5.95 Å². The Morgan fingerprint density at radius 2 is 1.92 bits per heavy atom. The fourth-order valence-electron chi connectivity index (χ4n) is 4.31. The molecule has 1 aliphatic heterocycles. The lowest BCUT2D eigenvalue weighted by Crippen LogP contribution is -2.39. The summed E-state index contributed by atoms with van der Waals surface area (Å²) in [5.74, 6) is 0.396. The van der Waals surface area contributed by atoms with Crippen molar-refractivity contribution in [3.63, 3.8) is 0 Å². The number of halogens is 1. The monoisotopic (exact) mass is 355 g/mol. The smallest absolute Gasteiger partial charge is 0.213 e. The van der Waals surface area contributed by atoms with Gasteiger partial charge < -0.3 is 9.30 Å². The van der Waals surface area contributed by atoms with E-state index in [2.05, 4.69) is 27.4 Å². The molecule has 2 aromatic heterocycles. The molecule has 0 spiro atoms. The van der Waals surface area contributed by atoms with E-state index in [1.165, 1.54) is 19.3 Å². The molecule has 0 amide bonds. The van der Waals surface area contributed by atoms with Crippen LogP contribution in [0, 0.1) is 12.9 Å². The molecular weight excluding hydrogens is 329 g/mol. The summed E-state index contributed by atoms with van der Waals surface area (Å²) in [6.07, 6.45) is 3.88. The predicted octanol–water partition coefficient (Wildman–Crippen LogP) is 4.52. The number of piperidine rings is 1. The number of ether oxygens (including phenoxy) is 1. The van der Waals surface area contributed by atoms with Crippen LogP contribution in [0.5, 0.6) is 5.75 Å². The van der Waals surface area contributed by atoms with E-state index in [1.54, 1.807) is 13.2 Å². The number of methoxy groups -OCH3 is 1. The Labute approximate surface area is 153 Å². The van der Waals surface area contributed by atoms with Gasteiger partial charge in [0.15, 0.2) is 0 Å². The van der Waals surface area contributed by atoms with Gasteiger partial charge in [-0.25, -0.2) is 4.98 Å². The lowest BCUT2D eigenvalue weighted by molar-refractivity contribution is 0.161. The van der Waals surface area contributed by atoms with E-state index in [4.69, 9.17) is 4.74 Å². The average Bonchev–Trinajstić information content (AvgIpc) is 2.95. The van der Waals surface area contributed by atoms with E-state index in [1.807, 2.05) is 19.1 Å². The van der Waals surface area contributed by atoms with Crippen molar-refractivity contribution in [2.75, 3.05) is 20.2 Å². The molecule has 4 nitrogen and oxygen atoms in total. The number of pyridine rings is 1.